The minimum atomic E-state index is -0.516. The van der Waals surface area contributed by atoms with Gasteiger partial charge in [-0.15, -0.1) is 0 Å². The Morgan fingerprint density at radius 1 is 1.28 bits per heavy atom. The van der Waals surface area contributed by atoms with Crippen LogP contribution in [0, 0.1) is 11.3 Å². The van der Waals surface area contributed by atoms with Crippen molar-refractivity contribution in [3.63, 3.8) is 0 Å². The predicted octanol–water partition coefficient (Wildman–Crippen LogP) is 2.50. The monoisotopic (exact) mass is 342 g/mol. The van der Waals surface area contributed by atoms with Crippen molar-refractivity contribution < 1.29 is 9.53 Å². The van der Waals surface area contributed by atoms with E-state index in [-0.39, 0.29) is 5.82 Å². The third-order valence-electron chi connectivity index (χ3n) is 3.22. The number of nitrogens with zero attached hydrogens (tertiary/aromatic N) is 2. The molecule has 25 heavy (non-hydrogen) atoms. The van der Waals surface area contributed by atoms with Gasteiger partial charge in [0.1, 0.15) is 23.1 Å². The number of anilines is 2. The number of nitrogens with one attached hydrogen (secondary N) is 3. The van der Waals surface area contributed by atoms with E-state index >= 15 is 0 Å². The summed E-state index contributed by atoms with van der Waals surface area (Å²) in [4.78, 5) is 11.6. The molecule has 0 spiro atoms. The van der Waals surface area contributed by atoms with Crippen molar-refractivity contribution in [1.82, 2.24) is 15.5 Å². The summed E-state index contributed by atoms with van der Waals surface area (Å²) in [5, 5.41) is 21.3. The summed E-state index contributed by atoms with van der Waals surface area (Å²) in [5.74, 6) is 0.671. The number of aromatic nitrogens is 2. The molecule has 2 aromatic rings. The normalized spacial score (nSPS) is 10.8. The van der Waals surface area contributed by atoms with Gasteiger partial charge in [0.2, 0.25) is 0 Å². The largest absolute Gasteiger partial charge is 0.444 e. The van der Waals surface area contributed by atoms with Crippen molar-refractivity contribution in [2.75, 3.05) is 11.1 Å². The van der Waals surface area contributed by atoms with Crippen molar-refractivity contribution >= 4 is 17.7 Å². The molecule has 0 saturated carbocycles. The Labute approximate surface area is 146 Å². The van der Waals surface area contributed by atoms with E-state index in [4.69, 9.17) is 15.7 Å². The summed E-state index contributed by atoms with van der Waals surface area (Å²) < 4.78 is 5.19. The number of carbonyl (C=O) groups is 1. The van der Waals surface area contributed by atoms with E-state index in [2.05, 4.69) is 20.8 Å². The van der Waals surface area contributed by atoms with Gasteiger partial charge in [-0.3, -0.25) is 5.10 Å². The highest BCUT2D eigenvalue weighted by Gasteiger charge is 2.15. The molecule has 0 aliphatic heterocycles. The maximum Gasteiger partial charge on any atom is 0.407 e. The van der Waals surface area contributed by atoms with Crippen LogP contribution >= 0.6 is 0 Å². The Kier molecular flexibility index (Phi) is 5.49. The average molecular weight is 342 g/mol. The zero-order valence-electron chi connectivity index (χ0n) is 14.5. The van der Waals surface area contributed by atoms with Gasteiger partial charge in [0, 0.05) is 13.1 Å². The summed E-state index contributed by atoms with van der Waals surface area (Å²) in [5.41, 5.74) is 7.36. The fourth-order valence-electron chi connectivity index (χ4n) is 2.05. The molecule has 0 aliphatic carbocycles. The molecule has 1 aromatic heterocycles. The van der Waals surface area contributed by atoms with Gasteiger partial charge in [-0.2, -0.15) is 10.4 Å². The van der Waals surface area contributed by atoms with Crippen LogP contribution < -0.4 is 16.4 Å². The molecule has 0 bridgehead atoms. The van der Waals surface area contributed by atoms with Gasteiger partial charge in [0.05, 0.1) is 0 Å². The molecule has 132 valence electrons. The lowest BCUT2D eigenvalue weighted by Gasteiger charge is -2.19. The molecule has 0 saturated heterocycles. The van der Waals surface area contributed by atoms with Gasteiger partial charge in [0.25, 0.3) is 0 Å². The number of benzene rings is 1. The Balaban J connectivity index is 1.85. The molecule has 5 N–H and O–H groups in total. The van der Waals surface area contributed by atoms with Crippen LogP contribution in [0.3, 0.4) is 0 Å². The minimum Gasteiger partial charge on any atom is -0.444 e. The molecule has 2 rings (SSSR count). The highest BCUT2D eigenvalue weighted by molar-refractivity contribution is 5.67. The zero-order valence-corrected chi connectivity index (χ0v) is 14.5. The first-order valence-electron chi connectivity index (χ1n) is 7.81. The third kappa shape index (κ3) is 5.42. The number of aromatic amines is 1. The number of H-pyrrole nitrogens is 1. The summed E-state index contributed by atoms with van der Waals surface area (Å²) in [6.45, 7) is 6.34. The van der Waals surface area contributed by atoms with Gasteiger partial charge >= 0.3 is 6.09 Å². The summed E-state index contributed by atoms with van der Waals surface area (Å²) in [7, 11) is 0. The lowest BCUT2D eigenvalue weighted by atomic mass is 10.1. The van der Waals surface area contributed by atoms with E-state index in [9.17, 15) is 4.79 Å². The lowest BCUT2D eigenvalue weighted by Crippen LogP contribution is -2.32. The molecule has 0 radical (unpaired) electrons. The molecule has 0 atom stereocenters. The zero-order chi connectivity index (χ0) is 18.4. The highest BCUT2D eigenvalue weighted by atomic mass is 16.6. The summed E-state index contributed by atoms with van der Waals surface area (Å²) in [6.07, 6.45) is -0.446. The van der Waals surface area contributed by atoms with Crippen molar-refractivity contribution in [2.24, 2.45) is 0 Å². The number of ether oxygens (including phenoxy) is 1. The smallest absolute Gasteiger partial charge is 0.407 e. The van der Waals surface area contributed by atoms with Crippen LogP contribution in [-0.2, 0) is 17.8 Å². The summed E-state index contributed by atoms with van der Waals surface area (Å²) in [6, 6.07) is 9.69. The topological polar surface area (TPSA) is 129 Å². The van der Waals surface area contributed by atoms with E-state index in [1.54, 1.807) is 0 Å². The molecule has 1 aromatic carbocycles. The van der Waals surface area contributed by atoms with Crippen LogP contribution in [0.2, 0.25) is 0 Å². The Morgan fingerprint density at radius 2 is 1.88 bits per heavy atom. The lowest BCUT2D eigenvalue weighted by molar-refractivity contribution is 0.0523. The number of rotatable bonds is 5. The minimum absolute atomic E-state index is 0.244. The second-order valence-corrected chi connectivity index (χ2v) is 6.50. The number of hydrogen-bond acceptors (Lipinski definition) is 6. The van der Waals surface area contributed by atoms with Gasteiger partial charge in [-0.05, 0) is 31.9 Å². The quantitative estimate of drug-likeness (QED) is 0.661. The molecule has 0 unspecified atom stereocenters. The highest BCUT2D eigenvalue weighted by Crippen LogP contribution is 2.17. The van der Waals surface area contributed by atoms with Crippen LogP contribution in [0.5, 0.6) is 0 Å². The fourth-order valence-corrected chi connectivity index (χ4v) is 2.05. The van der Waals surface area contributed by atoms with Crippen LogP contribution in [-0.4, -0.2) is 21.9 Å². The molecule has 1 amide bonds. The number of amides is 1. The third-order valence-corrected chi connectivity index (χ3v) is 3.22. The van der Waals surface area contributed by atoms with Crippen LogP contribution in [0.25, 0.3) is 0 Å². The van der Waals surface area contributed by atoms with E-state index < -0.39 is 11.7 Å². The fraction of sp³-hybridized carbons (Fsp3) is 0.353. The Bertz CT molecular complexity index is 768. The first-order chi connectivity index (χ1) is 11.8. The predicted molar refractivity (Wildman–Crippen MR) is 94.6 cm³/mol. The van der Waals surface area contributed by atoms with Crippen molar-refractivity contribution in [3.8, 4) is 6.07 Å². The molecule has 1 heterocycles. The van der Waals surface area contributed by atoms with E-state index in [1.165, 1.54) is 0 Å². The van der Waals surface area contributed by atoms with E-state index in [0.29, 0.717) is 24.5 Å². The van der Waals surface area contributed by atoms with Crippen molar-refractivity contribution in [2.45, 2.75) is 39.5 Å². The van der Waals surface area contributed by atoms with Gasteiger partial charge in [-0.1, -0.05) is 24.3 Å². The molecular formula is C17H22N6O2. The second-order valence-electron chi connectivity index (χ2n) is 6.50. The summed E-state index contributed by atoms with van der Waals surface area (Å²) >= 11 is 0. The van der Waals surface area contributed by atoms with Gasteiger partial charge in [-0.25, -0.2) is 4.79 Å². The maximum atomic E-state index is 11.6. The van der Waals surface area contributed by atoms with Crippen LogP contribution in [0.4, 0.5) is 16.4 Å². The number of nitrogens with two attached hydrogens (primary N) is 1. The average Bonchev–Trinajstić information content (AvgIpc) is 2.90. The van der Waals surface area contributed by atoms with E-state index in [0.717, 1.165) is 11.1 Å². The maximum absolute atomic E-state index is 11.6. The molecule has 8 nitrogen and oxygen atoms in total. The SMILES string of the molecule is CC(C)(C)OC(=O)NCc1ccc(CNc2n[nH]c(N)c2C#N)cc1. The molecule has 0 aliphatic rings. The standard InChI is InChI=1S/C17H22N6O2/c1-17(2,3)25-16(24)21-10-12-6-4-11(5-7-12)9-20-15-13(8-18)14(19)22-23-15/h4-7H,9-10H2,1-3H3,(H,21,24)(H4,19,20,22,23). The van der Waals surface area contributed by atoms with Gasteiger partial charge < -0.3 is 21.1 Å². The van der Waals surface area contributed by atoms with Crippen LogP contribution in [0.15, 0.2) is 24.3 Å². The van der Waals surface area contributed by atoms with E-state index in [1.807, 2.05) is 51.1 Å². The van der Waals surface area contributed by atoms with Crippen LogP contribution in [0.1, 0.15) is 37.5 Å². The Hall–Kier alpha value is -3.21. The first kappa shape index (κ1) is 18.1. The number of nitriles is 1. The van der Waals surface area contributed by atoms with Gasteiger partial charge in [0.15, 0.2) is 5.82 Å². The number of hydrogen-bond donors (Lipinski definition) is 4. The Morgan fingerprint density at radius 3 is 2.44 bits per heavy atom. The second kappa shape index (κ2) is 7.57. The van der Waals surface area contributed by atoms with Crippen molar-refractivity contribution in [3.05, 3.63) is 41.0 Å². The molecule has 8 heteroatoms. The first-order valence-corrected chi connectivity index (χ1v) is 7.81. The van der Waals surface area contributed by atoms with Crippen molar-refractivity contribution in [1.29, 1.82) is 5.26 Å². The molecular weight excluding hydrogens is 320 g/mol. The molecule has 0 fully saturated rings. The number of alkyl carbamates (subject to hydrolysis) is 1. The number of nitrogen functional groups attached to an aromatic ring is 1. The number of carbonyl (C=O) groups excluding carboxylic acids is 1.